The molecule has 1 aromatic heterocycles. The maximum Gasteiger partial charge on any atom is 0.265 e. The molecule has 0 radical (unpaired) electrons. The van der Waals surface area contributed by atoms with E-state index in [1.165, 1.54) is 18.7 Å². The SMILES string of the molecule is O=C(NS(O)(c1ccccc1)c1ccccc1)c1cncnc1. The third kappa shape index (κ3) is 3.23. The fourth-order valence-corrected chi connectivity index (χ4v) is 4.09. The second-order valence-corrected chi connectivity index (χ2v) is 7.07. The van der Waals surface area contributed by atoms with Crippen molar-refractivity contribution < 1.29 is 9.35 Å². The van der Waals surface area contributed by atoms with Gasteiger partial charge in [-0.3, -0.25) is 9.52 Å². The molecule has 0 aliphatic rings. The summed E-state index contributed by atoms with van der Waals surface area (Å²) in [6.45, 7) is 0. The van der Waals surface area contributed by atoms with Crippen molar-refractivity contribution in [1.29, 1.82) is 0 Å². The molecular weight excluding hydrogens is 310 g/mol. The molecule has 116 valence electrons. The third-order valence-electron chi connectivity index (χ3n) is 3.23. The lowest BCUT2D eigenvalue weighted by atomic mass is 10.3. The molecule has 2 aromatic carbocycles. The zero-order chi connectivity index (χ0) is 16.1. The molecule has 0 fully saturated rings. The highest BCUT2D eigenvalue weighted by Crippen LogP contribution is 2.55. The van der Waals surface area contributed by atoms with Crippen LogP contribution in [0.1, 0.15) is 10.4 Å². The van der Waals surface area contributed by atoms with Gasteiger partial charge in [-0.05, 0) is 34.8 Å². The molecule has 1 heterocycles. The van der Waals surface area contributed by atoms with E-state index in [4.69, 9.17) is 0 Å². The highest BCUT2D eigenvalue weighted by molar-refractivity contribution is 8.28. The Labute approximate surface area is 135 Å². The highest BCUT2D eigenvalue weighted by Gasteiger charge is 2.28. The van der Waals surface area contributed by atoms with Gasteiger partial charge in [-0.2, -0.15) is 0 Å². The number of carbonyl (C=O) groups excluding carboxylic acids is 1. The Bertz CT molecular complexity index is 743. The molecule has 23 heavy (non-hydrogen) atoms. The molecule has 0 saturated carbocycles. The Kier molecular flexibility index (Phi) is 4.36. The van der Waals surface area contributed by atoms with Gasteiger partial charge in [-0.25, -0.2) is 9.97 Å². The van der Waals surface area contributed by atoms with Crippen LogP contribution in [0.5, 0.6) is 0 Å². The van der Waals surface area contributed by atoms with Crippen molar-refractivity contribution in [1.82, 2.24) is 14.7 Å². The lowest BCUT2D eigenvalue weighted by molar-refractivity contribution is 0.0980. The predicted molar refractivity (Wildman–Crippen MR) is 89.1 cm³/mol. The second-order valence-electron chi connectivity index (χ2n) is 4.76. The van der Waals surface area contributed by atoms with E-state index < -0.39 is 16.4 Å². The average Bonchev–Trinajstić information content (AvgIpc) is 2.64. The van der Waals surface area contributed by atoms with Crippen LogP contribution in [0.25, 0.3) is 0 Å². The van der Waals surface area contributed by atoms with Gasteiger partial charge < -0.3 is 4.55 Å². The van der Waals surface area contributed by atoms with E-state index in [1.807, 2.05) is 36.4 Å². The molecule has 0 atom stereocenters. The van der Waals surface area contributed by atoms with Crippen LogP contribution in [0, 0.1) is 0 Å². The van der Waals surface area contributed by atoms with Gasteiger partial charge in [-0.15, -0.1) is 0 Å². The van der Waals surface area contributed by atoms with E-state index in [0.717, 1.165) is 0 Å². The first kappa shape index (κ1) is 15.2. The third-order valence-corrected chi connectivity index (χ3v) is 5.62. The molecule has 3 rings (SSSR count). The number of carbonyl (C=O) groups is 1. The fourth-order valence-electron chi connectivity index (χ4n) is 2.10. The first-order chi connectivity index (χ1) is 11.2. The molecule has 0 aliphatic carbocycles. The van der Waals surface area contributed by atoms with Crippen molar-refractivity contribution in [2.24, 2.45) is 0 Å². The van der Waals surface area contributed by atoms with Gasteiger partial charge in [0.1, 0.15) is 6.33 Å². The summed E-state index contributed by atoms with van der Waals surface area (Å²) in [6, 6.07) is 18.2. The molecule has 3 aromatic rings. The summed E-state index contributed by atoms with van der Waals surface area (Å²) < 4.78 is 14.1. The summed E-state index contributed by atoms with van der Waals surface area (Å²) in [5.74, 6) is -0.421. The van der Waals surface area contributed by atoms with E-state index >= 15 is 0 Å². The maximum atomic E-state index is 12.5. The smallest absolute Gasteiger partial charge is 0.265 e. The molecule has 0 bridgehead atoms. The topological polar surface area (TPSA) is 75.1 Å². The summed E-state index contributed by atoms with van der Waals surface area (Å²) in [5.41, 5.74) is 0.297. The fraction of sp³-hybridized carbons (Fsp3) is 0. The number of aromatic nitrogens is 2. The zero-order valence-corrected chi connectivity index (χ0v) is 13.0. The maximum absolute atomic E-state index is 12.5. The molecule has 5 nitrogen and oxygen atoms in total. The summed E-state index contributed by atoms with van der Waals surface area (Å²) in [6.07, 6.45) is 4.18. The van der Waals surface area contributed by atoms with Gasteiger partial charge in [0.15, 0.2) is 0 Å². The number of nitrogens with zero attached hydrogens (tertiary/aromatic N) is 2. The van der Waals surface area contributed by atoms with Gasteiger partial charge >= 0.3 is 0 Å². The minimum absolute atomic E-state index is 0.297. The zero-order valence-electron chi connectivity index (χ0n) is 12.2. The number of rotatable bonds is 4. The van der Waals surface area contributed by atoms with Gasteiger partial charge in [0.05, 0.1) is 5.56 Å². The molecule has 6 heteroatoms. The Morgan fingerprint density at radius 3 is 1.83 bits per heavy atom. The lowest BCUT2D eigenvalue weighted by Gasteiger charge is -2.35. The monoisotopic (exact) mass is 325 g/mol. The van der Waals surface area contributed by atoms with E-state index in [1.54, 1.807) is 24.3 Å². The van der Waals surface area contributed by atoms with Crippen molar-refractivity contribution in [3.63, 3.8) is 0 Å². The number of amides is 1. The van der Waals surface area contributed by atoms with Crippen molar-refractivity contribution in [2.75, 3.05) is 0 Å². The summed E-state index contributed by atoms with van der Waals surface area (Å²) in [7, 11) is -2.70. The van der Waals surface area contributed by atoms with Crippen LogP contribution < -0.4 is 4.72 Å². The first-order valence-corrected chi connectivity index (χ1v) is 8.52. The molecule has 1 amide bonds. The Morgan fingerprint density at radius 1 is 0.870 bits per heavy atom. The van der Waals surface area contributed by atoms with E-state index in [2.05, 4.69) is 14.7 Å². The normalized spacial score (nSPS) is 11.7. The molecular formula is C17H15N3O2S. The van der Waals surface area contributed by atoms with Gasteiger partial charge in [0.25, 0.3) is 5.91 Å². The highest BCUT2D eigenvalue weighted by atomic mass is 32.3. The standard InChI is InChI=1S/C17H15N3O2S/c21-17(14-11-18-13-19-12-14)20-23(22,15-7-3-1-4-8-15)16-9-5-2-6-10-16/h1-13,22H,(H,20,21). The Balaban J connectivity index is 2.01. The quantitative estimate of drug-likeness (QED) is 0.769. The molecule has 0 saturated heterocycles. The average molecular weight is 325 g/mol. The van der Waals surface area contributed by atoms with Gasteiger partial charge in [0.2, 0.25) is 0 Å². The molecule has 0 aliphatic heterocycles. The van der Waals surface area contributed by atoms with Crippen LogP contribution in [-0.2, 0) is 0 Å². The summed E-state index contributed by atoms with van der Waals surface area (Å²) in [4.78, 5) is 21.4. The number of hydrogen-bond acceptors (Lipinski definition) is 4. The van der Waals surface area contributed by atoms with E-state index in [9.17, 15) is 9.35 Å². The predicted octanol–water partition coefficient (Wildman–Crippen LogP) is 3.52. The van der Waals surface area contributed by atoms with E-state index in [-0.39, 0.29) is 0 Å². The van der Waals surface area contributed by atoms with Crippen molar-refractivity contribution in [3.8, 4) is 0 Å². The van der Waals surface area contributed by atoms with Gasteiger partial charge in [-0.1, -0.05) is 36.4 Å². The van der Waals surface area contributed by atoms with Crippen LogP contribution in [0.4, 0.5) is 0 Å². The van der Waals surface area contributed by atoms with E-state index in [0.29, 0.717) is 15.4 Å². The molecule has 0 spiro atoms. The van der Waals surface area contributed by atoms with Crippen LogP contribution in [-0.4, -0.2) is 20.4 Å². The number of benzene rings is 2. The summed E-state index contributed by atoms with van der Waals surface area (Å²) in [5, 5.41) is 0. The largest absolute Gasteiger partial charge is 0.325 e. The first-order valence-electron chi connectivity index (χ1n) is 6.93. The Hall–Kier alpha value is -2.70. The van der Waals surface area contributed by atoms with Crippen LogP contribution in [0.15, 0.2) is 89.2 Å². The Morgan fingerprint density at radius 2 is 1.35 bits per heavy atom. The van der Waals surface area contributed by atoms with Crippen LogP contribution >= 0.6 is 10.5 Å². The molecule has 0 unspecified atom stereocenters. The minimum Gasteiger partial charge on any atom is -0.325 e. The lowest BCUT2D eigenvalue weighted by Crippen LogP contribution is -2.28. The second kappa shape index (κ2) is 6.60. The van der Waals surface area contributed by atoms with Crippen LogP contribution in [0.2, 0.25) is 0 Å². The number of nitrogens with one attached hydrogen (secondary N) is 1. The van der Waals surface area contributed by atoms with Crippen LogP contribution in [0.3, 0.4) is 0 Å². The van der Waals surface area contributed by atoms with Crippen molar-refractivity contribution in [3.05, 3.63) is 84.9 Å². The van der Waals surface area contributed by atoms with Crippen molar-refractivity contribution in [2.45, 2.75) is 9.79 Å². The number of hydrogen-bond donors (Lipinski definition) is 2. The van der Waals surface area contributed by atoms with Gasteiger partial charge in [0, 0.05) is 22.2 Å². The van der Waals surface area contributed by atoms with Crippen molar-refractivity contribution >= 4 is 16.4 Å². The molecule has 2 N–H and O–H groups in total. The minimum atomic E-state index is -2.70. The summed E-state index contributed by atoms with van der Waals surface area (Å²) >= 11 is 0.